The van der Waals surface area contributed by atoms with Crippen LogP contribution in [0, 0.1) is 17.5 Å². The molecule has 2 nitrogen and oxygen atoms in total. The number of benzene rings is 1. The average Bonchev–Trinajstić information content (AvgIpc) is 2.33. The molecule has 1 fully saturated rings. The summed E-state index contributed by atoms with van der Waals surface area (Å²) in [6, 6.07) is 2.46. The molecule has 0 amide bonds. The highest BCUT2D eigenvalue weighted by molar-refractivity contribution is 5.21. The molecule has 0 spiro atoms. The number of rotatable bonds is 2. The van der Waals surface area contributed by atoms with E-state index in [1.165, 1.54) is 6.07 Å². The monoisotopic (exact) mass is 245 g/mol. The van der Waals surface area contributed by atoms with Gasteiger partial charge < -0.3 is 10.1 Å². The van der Waals surface area contributed by atoms with Crippen LogP contribution in [0.1, 0.15) is 12.5 Å². The van der Waals surface area contributed by atoms with Crippen LogP contribution in [-0.4, -0.2) is 25.3 Å². The fourth-order valence-corrected chi connectivity index (χ4v) is 1.83. The molecule has 1 heterocycles. The lowest BCUT2D eigenvalue weighted by Gasteiger charge is -2.28. The summed E-state index contributed by atoms with van der Waals surface area (Å²) in [5.41, 5.74) is 0.144. The molecule has 17 heavy (non-hydrogen) atoms. The van der Waals surface area contributed by atoms with Crippen molar-refractivity contribution in [1.82, 2.24) is 5.32 Å². The van der Waals surface area contributed by atoms with E-state index in [4.69, 9.17) is 4.74 Å². The summed E-state index contributed by atoms with van der Waals surface area (Å²) < 4.78 is 44.6. The van der Waals surface area contributed by atoms with Crippen LogP contribution in [0.15, 0.2) is 12.1 Å². The summed E-state index contributed by atoms with van der Waals surface area (Å²) >= 11 is 0. The number of halogens is 3. The smallest absolute Gasteiger partial charge is 0.194 e. The van der Waals surface area contributed by atoms with Crippen LogP contribution in [-0.2, 0) is 11.2 Å². The Morgan fingerprint density at radius 3 is 2.71 bits per heavy atom. The van der Waals surface area contributed by atoms with Crippen molar-refractivity contribution in [3.63, 3.8) is 0 Å². The predicted molar refractivity (Wildman–Crippen MR) is 57.2 cm³/mol. The molecule has 0 aromatic heterocycles. The molecule has 5 heteroatoms. The van der Waals surface area contributed by atoms with E-state index in [2.05, 4.69) is 5.32 Å². The van der Waals surface area contributed by atoms with Gasteiger partial charge in [-0.25, -0.2) is 13.2 Å². The lowest BCUT2D eigenvalue weighted by Crippen LogP contribution is -2.45. The number of hydrogen-bond donors (Lipinski definition) is 1. The summed E-state index contributed by atoms with van der Waals surface area (Å²) in [6.07, 6.45) is 0.0357. The van der Waals surface area contributed by atoms with Gasteiger partial charge in [0, 0.05) is 19.0 Å². The van der Waals surface area contributed by atoms with Crippen LogP contribution < -0.4 is 5.32 Å². The summed E-state index contributed by atoms with van der Waals surface area (Å²) in [5.74, 6) is -3.70. The van der Waals surface area contributed by atoms with Crippen molar-refractivity contribution < 1.29 is 17.9 Å². The summed E-state index contributed by atoms with van der Waals surface area (Å²) in [6.45, 7) is 3.10. The van der Waals surface area contributed by atoms with Crippen LogP contribution in [0.4, 0.5) is 13.2 Å². The zero-order chi connectivity index (χ0) is 12.4. The molecule has 0 saturated carbocycles. The fourth-order valence-electron chi connectivity index (χ4n) is 1.83. The van der Waals surface area contributed by atoms with Gasteiger partial charge in [-0.15, -0.1) is 0 Å². The molecule has 2 rings (SSSR count). The Balaban J connectivity index is 2.06. The third-order valence-corrected chi connectivity index (χ3v) is 2.84. The maximum Gasteiger partial charge on any atom is 0.194 e. The minimum absolute atomic E-state index is 0.144. The average molecular weight is 245 g/mol. The van der Waals surface area contributed by atoms with Crippen molar-refractivity contribution in [1.29, 1.82) is 0 Å². The Hall–Kier alpha value is -1.07. The van der Waals surface area contributed by atoms with Crippen molar-refractivity contribution in [2.75, 3.05) is 13.2 Å². The first-order chi connectivity index (χ1) is 8.08. The Labute approximate surface area is 97.8 Å². The number of nitrogens with one attached hydrogen (secondary N) is 1. The molecule has 94 valence electrons. The van der Waals surface area contributed by atoms with E-state index in [1.807, 2.05) is 6.92 Å². The molecular weight excluding hydrogens is 231 g/mol. The third-order valence-electron chi connectivity index (χ3n) is 2.84. The van der Waals surface area contributed by atoms with E-state index in [9.17, 15) is 13.2 Å². The number of morpholine rings is 1. The lowest BCUT2D eigenvalue weighted by molar-refractivity contribution is 0.00830. The Bertz CT molecular complexity index is 403. The van der Waals surface area contributed by atoms with Crippen molar-refractivity contribution in [3.05, 3.63) is 35.1 Å². The second-order valence-electron chi connectivity index (χ2n) is 4.30. The second kappa shape index (κ2) is 5.06. The molecule has 1 aliphatic rings. The van der Waals surface area contributed by atoms with Gasteiger partial charge in [0.05, 0.1) is 12.7 Å². The highest BCUT2D eigenvalue weighted by atomic mass is 19.2. The van der Waals surface area contributed by atoms with Crippen LogP contribution in [0.25, 0.3) is 0 Å². The SMILES string of the molecule is CC1COC(Cc2ccc(F)c(F)c2F)CN1. The van der Waals surface area contributed by atoms with Gasteiger partial charge in [-0.05, 0) is 18.6 Å². The van der Waals surface area contributed by atoms with E-state index in [0.29, 0.717) is 13.2 Å². The molecule has 1 aromatic rings. The van der Waals surface area contributed by atoms with Gasteiger partial charge in [-0.2, -0.15) is 0 Å². The van der Waals surface area contributed by atoms with E-state index < -0.39 is 17.5 Å². The molecule has 1 aliphatic heterocycles. The highest BCUT2D eigenvalue weighted by Gasteiger charge is 2.21. The van der Waals surface area contributed by atoms with Crippen LogP contribution >= 0.6 is 0 Å². The van der Waals surface area contributed by atoms with Gasteiger partial charge in [0.1, 0.15) is 0 Å². The summed E-state index contributed by atoms with van der Waals surface area (Å²) in [4.78, 5) is 0. The Morgan fingerprint density at radius 1 is 1.29 bits per heavy atom. The molecule has 2 atom stereocenters. The number of hydrogen-bond acceptors (Lipinski definition) is 2. The second-order valence-corrected chi connectivity index (χ2v) is 4.30. The van der Waals surface area contributed by atoms with Gasteiger partial charge in [-0.3, -0.25) is 0 Å². The zero-order valence-corrected chi connectivity index (χ0v) is 9.47. The first-order valence-corrected chi connectivity index (χ1v) is 5.55. The largest absolute Gasteiger partial charge is 0.375 e. The van der Waals surface area contributed by atoms with Gasteiger partial charge >= 0.3 is 0 Å². The van der Waals surface area contributed by atoms with E-state index in [0.717, 1.165) is 6.07 Å². The number of ether oxygens (including phenoxy) is 1. The lowest BCUT2D eigenvalue weighted by atomic mass is 10.1. The van der Waals surface area contributed by atoms with Gasteiger partial charge in [0.25, 0.3) is 0 Å². The van der Waals surface area contributed by atoms with Crippen LogP contribution in [0.3, 0.4) is 0 Å². The first kappa shape index (κ1) is 12.4. The van der Waals surface area contributed by atoms with Crippen molar-refractivity contribution >= 4 is 0 Å². The van der Waals surface area contributed by atoms with E-state index in [1.54, 1.807) is 0 Å². The molecule has 1 aromatic carbocycles. The molecule has 0 radical (unpaired) electrons. The van der Waals surface area contributed by atoms with E-state index >= 15 is 0 Å². The zero-order valence-electron chi connectivity index (χ0n) is 9.47. The molecule has 0 bridgehead atoms. The highest BCUT2D eigenvalue weighted by Crippen LogP contribution is 2.18. The minimum Gasteiger partial charge on any atom is -0.375 e. The molecule has 1 N–H and O–H groups in total. The maximum atomic E-state index is 13.4. The predicted octanol–water partition coefficient (Wildman–Crippen LogP) is 2.02. The van der Waals surface area contributed by atoms with Crippen LogP contribution in [0.5, 0.6) is 0 Å². The molecule has 0 aliphatic carbocycles. The topological polar surface area (TPSA) is 21.3 Å². The van der Waals surface area contributed by atoms with E-state index in [-0.39, 0.29) is 24.1 Å². The standard InChI is InChI=1S/C12H14F3NO/c1-7-6-17-9(5-16-7)4-8-2-3-10(13)12(15)11(8)14/h2-3,7,9,16H,4-6H2,1H3. The molecule has 1 saturated heterocycles. The van der Waals surface area contributed by atoms with Gasteiger partial charge in [-0.1, -0.05) is 6.07 Å². The minimum atomic E-state index is -1.42. The van der Waals surface area contributed by atoms with Crippen molar-refractivity contribution in [2.24, 2.45) is 0 Å². The summed E-state index contributed by atoms with van der Waals surface area (Å²) in [5, 5.41) is 3.18. The van der Waals surface area contributed by atoms with Crippen LogP contribution in [0.2, 0.25) is 0 Å². The summed E-state index contributed by atoms with van der Waals surface area (Å²) in [7, 11) is 0. The first-order valence-electron chi connectivity index (χ1n) is 5.55. The quantitative estimate of drug-likeness (QED) is 0.805. The van der Waals surface area contributed by atoms with Gasteiger partial charge in [0.15, 0.2) is 17.5 Å². The molecule has 2 unspecified atom stereocenters. The Morgan fingerprint density at radius 2 is 2.06 bits per heavy atom. The van der Waals surface area contributed by atoms with Crippen molar-refractivity contribution in [3.8, 4) is 0 Å². The maximum absolute atomic E-state index is 13.4. The normalized spacial score (nSPS) is 24.9. The van der Waals surface area contributed by atoms with Gasteiger partial charge in [0.2, 0.25) is 0 Å². The Kier molecular flexibility index (Phi) is 3.69. The fraction of sp³-hybridized carbons (Fsp3) is 0.500. The third kappa shape index (κ3) is 2.79. The molecular formula is C12H14F3NO. The van der Waals surface area contributed by atoms with Crippen molar-refractivity contribution in [2.45, 2.75) is 25.5 Å².